The van der Waals surface area contributed by atoms with E-state index in [9.17, 15) is 14.7 Å². The largest absolute Gasteiger partial charge is 0.480 e. The van der Waals surface area contributed by atoms with E-state index in [0.29, 0.717) is 0 Å². The van der Waals surface area contributed by atoms with E-state index in [1.165, 1.54) is 18.3 Å². The number of rotatable bonds is 5. The van der Waals surface area contributed by atoms with Gasteiger partial charge in [-0.3, -0.25) is 0 Å². The third kappa shape index (κ3) is 4.49. The summed E-state index contributed by atoms with van der Waals surface area (Å²) < 4.78 is 0. The number of nitrogens with zero attached hydrogens (tertiary/aromatic N) is 1. The quantitative estimate of drug-likeness (QED) is 0.635. The highest BCUT2D eigenvalue weighted by molar-refractivity contribution is 7.11. The van der Waals surface area contributed by atoms with Crippen molar-refractivity contribution in [2.24, 2.45) is 0 Å². The van der Waals surface area contributed by atoms with Gasteiger partial charge >= 0.3 is 12.0 Å². The Morgan fingerprint density at radius 2 is 2.00 bits per heavy atom. The van der Waals surface area contributed by atoms with Crippen molar-refractivity contribution in [2.45, 2.75) is 39.0 Å². The average Bonchev–Trinajstić information content (AvgIpc) is 2.72. The molecule has 0 spiro atoms. The minimum absolute atomic E-state index is 0.331. The number of aromatic nitrogens is 1. The van der Waals surface area contributed by atoms with E-state index in [4.69, 9.17) is 5.11 Å². The average molecular weight is 287 g/mol. The Morgan fingerprint density at radius 1 is 1.37 bits per heavy atom. The van der Waals surface area contributed by atoms with Gasteiger partial charge in [-0.05, 0) is 20.8 Å². The Morgan fingerprint density at radius 3 is 2.42 bits per heavy atom. The van der Waals surface area contributed by atoms with Crippen molar-refractivity contribution in [3.8, 4) is 0 Å². The predicted molar refractivity (Wildman–Crippen MR) is 70.0 cm³/mol. The van der Waals surface area contributed by atoms with Gasteiger partial charge < -0.3 is 20.8 Å². The number of aliphatic hydroxyl groups is 1. The van der Waals surface area contributed by atoms with Crippen LogP contribution in [0.15, 0.2) is 6.20 Å². The number of aliphatic hydroxyl groups excluding tert-OH is 1. The third-order valence-electron chi connectivity index (χ3n) is 2.39. The van der Waals surface area contributed by atoms with Crippen molar-refractivity contribution in [3.63, 3.8) is 0 Å². The Bertz CT molecular complexity index is 461. The van der Waals surface area contributed by atoms with Crippen molar-refractivity contribution in [3.05, 3.63) is 16.1 Å². The van der Waals surface area contributed by atoms with Gasteiger partial charge in [0.15, 0.2) is 6.04 Å². The number of carboxylic acids is 1. The first kappa shape index (κ1) is 15.4. The summed E-state index contributed by atoms with van der Waals surface area (Å²) in [5.41, 5.74) is 0. The standard InChI is InChI=1S/C11H17N3O4S/c1-5-4-12-9(19-5)6(2)13-11(18)14-8(7(3)15)10(16)17/h4,6-8,15H,1-3H3,(H,16,17)(H2,13,14,18)/t6?,7-,8+/m1/s1. The number of carbonyl (C=O) groups is 2. The SMILES string of the molecule is Cc1cnc(C(C)NC(=O)N[C@H](C(=O)O)[C@@H](C)O)s1. The highest BCUT2D eigenvalue weighted by Crippen LogP contribution is 2.18. The fourth-order valence-electron chi connectivity index (χ4n) is 1.40. The minimum atomic E-state index is -1.34. The normalized spacial score (nSPS) is 15.4. The Hall–Kier alpha value is -1.67. The zero-order valence-electron chi connectivity index (χ0n) is 10.9. The number of thiazole rings is 1. The number of hydrogen-bond donors (Lipinski definition) is 4. The molecule has 1 rings (SSSR count). The monoisotopic (exact) mass is 287 g/mol. The summed E-state index contributed by atoms with van der Waals surface area (Å²) in [6.45, 7) is 4.95. The second-order valence-corrected chi connectivity index (χ2v) is 5.47. The molecule has 0 saturated carbocycles. The lowest BCUT2D eigenvalue weighted by molar-refractivity contribution is -0.141. The maximum Gasteiger partial charge on any atom is 0.328 e. The van der Waals surface area contributed by atoms with Crippen LogP contribution in [-0.4, -0.2) is 39.3 Å². The van der Waals surface area contributed by atoms with Gasteiger partial charge in [0, 0.05) is 11.1 Å². The van der Waals surface area contributed by atoms with Crippen LogP contribution < -0.4 is 10.6 Å². The van der Waals surface area contributed by atoms with Gasteiger partial charge in [-0.15, -0.1) is 11.3 Å². The van der Waals surface area contributed by atoms with E-state index < -0.39 is 24.1 Å². The van der Waals surface area contributed by atoms with E-state index in [2.05, 4.69) is 15.6 Å². The number of amides is 2. The van der Waals surface area contributed by atoms with Gasteiger partial charge in [0.25, 0.3) is 0 Å². The first-order valence-corrected chi connectivity index (χ1v) is 6.53. The summed E-state index contributed by atoms with van der Waals surface area (Å²) >= 11 is 1.45. The first-order valence-electron chi connectivity index (χ1n) is 5.71. The molecule has 2 amide bonds. The molecule has 0 aliphatic heterocycles. The molecule has 4 N–H and O–H groups in total. The van der Waals surface area contributed by atoms with Gasteiger partial charge in [0.1, 0.15) is 5.01 Å². The predicted octanol–water partition coefficient (Wildman–Crippen LogP) is 0.646. The molecule has 1 aromatic heterocycles. The molecule has 0 radical (unpaired) electrons. The molecule has 0 fully saturated rings. The molecule has 8 heteroatoms. The topological polar surface area (TPSA) is 112 Å². The first-order chi connectivity index (χ1) is 8.81. The van der Waals surface area contributed by atoms with Crippen LogP contribution >= 0.6 is 11.3 Å². The van der Waals surface area contributed by atoms with Crippen LogP contribution in [0.25, 0.3) is 0 Å². The number of urea groups is 1. The van der Waals surface area contributed by atoms with E-state index in [0.717, 1.165) is 9.88 Å². The summed E-state index contributed by atoms with van der Waals surface area (Å²) in [6.07, 6.45) is 0.520. The second kappa shape index (κ2) is 6.48. The molecule has 1 unspecified atom stereocenters. The highest BCUT2D eigenvalue weighted by atomic mass is 32.1. The maximum atomic E-state index is 11.6. The van der Waals surface area contributed by atoms with Gasteiger partial charge in [-0.25, -0.2) is 14.6 Å². The van der Waals surface area contributed by atoms with E-state index >= 15 is 0 Å². The third-order valence-corrected chi connectivity index (χ3v) is 3.49. The number of aliphatic carboxylic acids is 1. The lowest BCUT2D eigenvalue weighted by Crippen LogP contribution is -2.51. The molecule has 1 heterocycles. The molecule has 7 nitrogen and oxygen atoms in total. The number of nitrogens with one attached hydrogen (secondary N) is 2. The van der Waals surface area contributed by atoms with Crippen LogP contribution in [0.1, 0.15) is 29.8 Å². The molecule has 0 aromatic carbocycles. The van der Waals surface area contributed by atoms with Crippen molar-refractivity contribution in [1.82, 2.24) is 15.6 Å². The molecule has 0 saturated heterocycles. The minimum Gasteiger partial charge on any atom is -0.480 e. The van der Waals surface area contributed by atoms with Gasteiger partial charge in [0.05, 0.1) is 12.1 Å². The van der Waals surface area contributed by atoms with Crippen LogP contribution in [0.4, 0.5) is 4.79 Å². The van der Waals surface area contributed by atoms with Crippen LogP contribution in [0, 0.1) is 6.92 Å². The fraction of sp³-hybridized carbons (Fsp3) is 0.545. The van der Waals surface area contributed by atoms with E-state index in [-0.39, 0.29) is 6.04 Å². The zero-order chi connectivity index (χ0) is 14.6. The van der Waals surface area contributed by atoms with Crippen molar-refractivity contribution in [2.75, 3.05) is 0 Å². The summed E-state index contributed by atoms with van der Waals surface area (Å²) in [5, 5.41) is 23.6. The molecular weight excluding hydrogens is 270 g/mol. The van der Waals surface area contributed by atoms with Gasteiger partial charge in [-0.1, -0.05) is 0 Å². The molecular formula is C11H17N3O4S. The highest BCUT2D eigenvalue weighted by Gasteiger charge is 2.25. The Balaban J connectivity index is 2.57. The summed E-state index contributed by atoms with van der Waals surface area (Å²) in [7, 11) is 0. The van der Waals surface area contributed by atoms with Crippen LogP contribution in [0.5, 0.6) is 0 Å². The van der Waals surface area contributed by atoms with Gasteiger partial charge in [0.2, 0.25) is 0 Å². The van der Waals surface area contributed by atoms with Crippen LogP contribution in [0.3, 0.4) is 0 Å². The summed E-state index contributed by atoms with van der Waals surface area (Å²) in [6, 6.07) is -2.33. The molecule has 19 heavy (non-hydrogen) atoms. The maximum absolute atomic E-state index is 11.6. The van der Waals surface area contributed by atoms with Crippen molar-refractivity contribution in [1.29, 1.82) is 0 Å². The number of hydrogen-bond acceptors (Lipinski definition) is 5. The Labute approximate surface area is 114 Å². The number of carbonyl (C=O) groups excluding carboxylic acids is 1. The van der Waals surface area contributed by atoms with Crippen LogP contribution in [0.2, 0.25) is 0 Å². The number of aryl methyl sites for hydroxylation is 1. The molecule has 0 aliphatic carbocycles. The lowest BCUT2D eigenvalue weighted by Gasteiger charge is -2.19. The smallest absolute Gasteiger partial charge is 0.328 e. The number of carboxylic acid groups (broad SMARTS) is 1. The second-order valence-electron chi connectivity index (χ2n) is 4.21. The zero-order valence-corrected chi connectivity index (χ0v) is 11.7. The van der Waals surface area contributed by atoms with E-state index in [1.807, 2.05) is 6.92 Å². The molecule has 3 atom stereocenters. The molecule has 1 aromatic rings. The van der Waals surface area contributed by atoms with Crippen molar-refractivity contribution >= 4 is 23.3 Å². The molecule has 0 aliphatic rings. The summed E-state index contributed by atoms with van der Waals surface area (Å²) in [4.78, 5) is 27.6. The van der Waals surface area contributed by atoms with Crippen molar-refractivity contribution < 1.29 is 19.8 Å². The van der Waals surface area contributed by atoms with E-state index in [1.54, 1.807) is 13.1 Å². The molecule has 0 bridgehead atoms. The Kier molecular flexibility index (Phi) is 5.25. The van der Waals surface area contributed by atoms with Crippen LogP contribution in [-0.2, 0) is 4.79 Å². The van der Waals surface area contributed by atoms with Gasteiger partial charge in [-0.2, -0.15) is 0 Å². The molecule has 106 valence electrons. The summed E-state index contributed by atoms with van der Waals surface area (Å²) in [5.74, 6) is -1.29. The fourth-order valence-corrected chi connectivity index (χ4v) is 2.18. The lowest BCUT2D eigenvalue weighted by atomic mass is 10.2.